The van der Waals surface area contributed by atoms with Crippen LogP contribution in [0.2, 0.25) is 0 Å². The lowest BCUT2D eigenvalue weighted by Crippen LogP contribution is -2.14. The van der Waals surface area contributed by atoms with E-state index in [9.17, 15) is 4.39 Å². The number of halogens is 1. The molecule has 0 aliphatic carbocycles. The summed E-state index contributed by atoms with van der Waals surface area (Å²) < 4.78 is 18.8. The number of imidazole rings is 1. The summed E-state index contributed by atoms with van der Waals surface area (Å²) in [4.78, 5) is 17.5. The first kappa shape index (κ1) is 20.5. The second kappa shape index (κ2) is 8.04. The molecular weight excluding hydrogens is 429 g/mol. The van der Waals surface area contributed by atoms with Gasteiger partial charge in [0, 0.05) is 42.5 Å². The molecule has 0 unspecified atom stereocenters. The highest BCUT2D eigenvalue weighted by Crippen LogP contribution is 2.38. The fourth-order valence-electron chi connectivity index (χ4n) is 4.85. The summed E-state index contributed by atoms with van der Waals surface area (Å²) in [6.07, 6.45) is 8.59. The summed E-state index contributed by atoms with van der Waals surface area (Å²) >= 11 is 0. The molecule has 0 amide bonds. The van der Waals surface area contributed by atoms with Crippen molar-refractivity contribution in [2.45, 2.75) is 13.0 Å². The second-order valence-electron chi connectivity index (χ2n) is 8.81. The van der Waals surface area contributed by atoms with Gasteiger partial charge in [-0.25, -0.2) is 19.2 Å². The summed E-state index contributed by atoms with van der Waals surface area (Å²) in [7, 11) is 1.96. The van der Waals surface area contributed by atoms with Gasteiger partial charge in [-0.15, -0.1) is 0 Å². The predicted molar refractivity (Wildman–Crippen MR) is 130 cm³/mol. The Hall–Kier alpha value is -4.09. The van der Waals surface area contributed by atoms with Crippen LogP contribution in [0, 0.1) is 18.3 Å². The minimum Gasteiger partial charge on any atom is -0.336 e. The van der Waals surface area contributed by atoms with Gasteiger partial charge in [0.1, 0.15) is 17.0 Å². The third-order valence-corrected chi connectivity index (χ3v) is 6.62. The number of aromatic nitrogens is 5. The molecule has 5 aromatic rings. The van der Waals surface area contributed by atoms with Gasteiger partial charge in [-0.3, -0.25) is 4.98 Å². The molecular formula is C26H22FN7. The van der Waals surface area contributed by atoms with E-state index in [1.807, 2.05) is 42.5 Å². The molecule has 7 nitrogen and oxygen atoms in total. The highest BCUT2D eigenvalue weighted by Gasteiger charge is 2.21. The van der Waals surface area contributed by atoms with Gasteiger partial charge in [-0.2, -0.15) is 0 Å². The SMILES string of the molecule is [C-]#[N+]c1ccc(-c2c(-c3cnc4c(ccn4C)c3)ncc3c2ncn3C[C@H]2CCNC2)cc1F. The zero-order valence-electron chi connectivity index (χ0n) is 18.7. The molecule has 0 radical (unpaired) electrons. The van der Waals surface area contributed by atoms with E-state index in [0.29, 0.717) is 17.2 Å². The quantitative estimate of drug-likeness (QED) is 0.393. The number of aryl methyl sites for hydroxylation is 1. The lowest BCUT2D eigenvalue weighted by atomic mass is 9.98. The van der Waals surface area contributed by atoms with Crippen molar-refractivity contribution in [3.8, 4) is 22.4 Å². The Labute approximate surface area is 195 Å². The van der Waals surface area contributed by atoms with Crippen LogP contribution >= 0.6 is 0 Å². The van der Waals surface area contributed by atoms with Crippen molar-refractivity contribution < 1.29 is 4.39 Å². The van der Waals surface area contributed by atoms with Crippen molar-refractivity contribution in [2.75, 3.05) is 13.1 Å². The molecule has 0 bridgehead atoms. The molecule has 1 aromatic carbocycles. The van der Waals surface area contributed by atoms with Gasteiger partial charge in [-0.1, -0.05) is 12.1 Å². The number of pyridine rings is 2. The van der Waals surface area contributed by atoms with E-state index in [1.54, 1.807) is 12.3 Å². The van der Waals surface area contributed by atoms with E-state index < -0.39 is 5.82 Å². The van der Waals surface area contributed by atoms with E-state index in [4.69, 9.17) is 16.5 Å². The average Bonchev–Trinajstić information content (AvgIpc) is 3.60. The van der Waals surface area contributed by atoms with Gasteiger partial charge < -0.3 is 14.5 Å². The van der Waals surface area contributed by atoms with Gasteiger partial charge in [0.15, 0.2) is 0 Å². The standard InChI is InChI=1S/C26H22FN7/c1-28-21-4-3-17(10-20(21)27)23-24(19-9-18-6-8-33(2)26(18)31-12-19)30-13-22-25(23)32-15-34(22)14-16-5-7-29-11-16/h3-4,6,8-10,12-13,15-16,29H,5,7,11,14H2,2H3/t16-/m0/s1. The van der Waals surface area contributed by atoms with Crippen LogP contribution in [-0.4, -0.2) is 37.2 Å². The Balaban J connectivity index is 1.56. The molecule has 168 valence electrons. The van der Waals surface area contributed by atoms with Crippen LogP contribution in [-0.2, 0) is 13.6 Å². The maximum atomic E-state index is 14.7. The average molecular weight is 452 g/mol. The Morgan fingerprint density at radius 1 is 1.15 bits per heavy atom. The highest BCUT2D eigenvalue weighted by molar-refractivity contribution is 6.00. The molecule has 34 heavy (non-hydrogen) atoms. The van der Waals surface area contributed by atoms with Crippen LogP contribution in [0.15, 0.2) is 55.2 Å². The van der Waals surface area contributed by atoms with Crippen LogP contribution in [0.1, 0.15) is 6.42 Å². The number of nitrogens with one attached hydrogen (secondary N) is 1. The second-order valence-corrected chi connectivity index (χ2v) is 8.81. The minimum atomic E-state index is -0.552. The van der Waals surface area contributed by atoms with Crippen LogP contribution in [0.4, 0.5) is 10.1 Å². The number of fused-ring (bicyclic) bond motifs is 2. The maximum absolute atomic E-state index is 14.7. The van der Waals surface area contributed by atoms with E-state index in [0.717, 1.165) is 59.2 Å². The third-order valence-electron chi connectivity index (χ3n) is 6.62. The molecule has 5 heterocycles. The molecule has 1 saturated heterocycles. The Morgan fingerprint density at radius 2 is 2.06 bits per heavy atom. The summed E-state index contributed by atoms with van der Waals surface area (Å²) in [5.74, 6) is -0.0100. The number of benzene rings is 1. The van der Waals surface area contributed by atoms with Gasteiger partial charge in [0.2, 0.25) is 5.69 Å². The molecule has 1 fully saturated rings. The van der Waals surface area contributed by atoms with Crippen molar-refractivity contribution in [3.05, 3.63) is 72.5 Å². The summed E-state index contributed by atoms with van der Waals surface area (Å²) in [5, 5.41) is 4.41. The summed E-state index contributed by atoms with van der Waals surface area (Å²) in [6.45, 7) is 10.1. The lowest BCUT2D eigenvalue weighted by molar-refractivity contribution is 0.489. The number of hydrogen-bond donors (Lipinski definition) is 1. The maximum Gasteiger partial charge on any atom is 0.222 e. The molecule has 8 heteroatoms. The van der Waals surface area contributed by atoms with Crippen molar-refractivity contribution in [1.29, 1.82) is 0 Å². The number of hydrogen-bond acceptors (Lipinski definition) is 4. The van der Waals surface area contributed by atoms with Gasteiger partial charge in [-0.05, 0) is 49.2 Å². The zero-order chi connectivity index (χ0) is 23.2. The summed E-state index contributed by atoms with van der Waals surface area (Å²) in [6, 6.07) is 8.75. The van der Waals surface area contributed by atoms with Gasteiger partial charge in [0.05, 0.1) is 30.3 Å². The van der Waals surface area contributed by atoms with Crippen LogP contribution in [0.5, 0.6) is 0 Å². The fourth-order valence-corrected chi connectivity index (χ4v) is 4.85. The topological polar surface area (TPSA) is 64.9 Å². The molecule has 0 spiro atoms. The number of nitrogens with zero attached hydrogens (tertiary/aromatic N) is 6. The van der Waals surface area contributed by atoms with E-state index in [-0.39, 0.29) is 5.69 Å². The largest absolute Gasteiger partial charge is 0.336 e. The van der Waals surface area contributed by atoms with Gasteiger partial charge >= 0.3 is 0 Å². The molecule has 0 saturated carbocycles. The van der Waals surface area contributed by atoms with Crippen LogP contribution in [0.3, 0.4) is 0 Å². The lowest BCUT2D eigenvalue weighted by Gasteiger charge is -2.13. The van der Waals surface area contributed by atoms with Gasteiger partial charge in [0.25, 0.3) is 0 Å². The highest BCUT2D eigenvalue weighted by atomic mass is 19.1. The number of rotatable bonds is 4. The molecule has 1 N–H and O–H groups in total. The summed E-state index contributed by atoms with van der Waals surface area (Å²) in [5.41, 5.74) is 5.46. The normalized spacial score (nSPS) is 15.9. The zero-order valence-corrected chi connectivity index (χ0v) is 18.7. The first-order valence-corrected chi connectivity index (χ1v) is 11.3. The first-order chi connectivity index (χ1) is 16.6. The van der Waals surface area contributed by atoms with E-state index >= 15 is 0 Å². The molecule has 1 aliphatic heterocycles. The van der Waals surface area contributed by atoms with Crippen molar-refractivity contribution >= 4 is 27.8 Å². The van der Waals surface area contributed by atoms with Crippen molar-refractivity contribution in [1.82, 2.24) is 29.4 Å². The Bertz CT molecular complexity index is 1580. The third kappa shape index (κ3) is 3.33. The fraction of sp³-hybridized carbons (Fsp3) is 0.231. The minimum absolute atomic E-state index is 0.00271. The molecule has 4 aromatic heterocycles. The van der Waals surface area contributed by atoms with Crippen LogP contribution < -0.4 is 5.32 Å². The molecule has 1 aliphatic rings. The van der Waals surface area contributed by atoms with Crippen molar-refractivity contribution in [3.63, 3.8) is 0 Å². The Morgan fingerprint density at radius 3 is 2.85 bits per heavy atom. The van der Waals surface area contributed by atoms with E-state index in [2.05, 4.69) is 19.7 Å². The van der Waals surface area contributed by atoms with Crippen LogP contribution in [0.25, 0.3) is 49.3 Å². The Kier molecular flexibility index (Phi) is 4.85. The molecule has 6 rings (SSSR count). The first-order valence-electron chi connectivity index (χ1n) is 11.3. The van der Waals surface area contributed by atoms with Crippen molar-refractivity contribution in [2.24, 2.45) is 13.0 Å². The molecule has 1 atom stereocenters. The van der Waals surface area contributed by atoms with E-state index in [1.165, 1.54) is 12.1 Å². The monoisotopic (exact) mass is 451 g/mol. The smallest absolute Gasteiger partial charge is 0.222 e. The predicted octanol–water partition coefficient (Wildman–Crippen LogP) is 4.95.